The van der Waals surface area contributed by atoms with Gasteiger partial charge in [-0.1, -0.05) is 76.3 Å². The van der Waals surface area contributed by atoms with Gasteiger partial charge in [0.1, 0.15) is 0 Å². The second kappa shape index (κ2) is 6.71. The summed E-state index contributed by atoms with van der Waals surface area (Å²) in [5.41, 5.74) is 2.42. The second-order valence-electron chi connectivity index (χ2n) is 5.39. The van der Waals surface area contributed by atoms with Gasteiger partial charge in [0.2, 0.25) is 0 Å². The molecule has 1 aliphatic heterocycles. The molecule has 1 aromatic heterocycles. The molecule has 0 aliphatic carbocycles. The highest BCUT2D eigenvalue weighted by atomic mass is 79.9. The summed E-state index contributed by atoms with van der Waals surface area (Å²) >= 11 is 10.3. The first kappa shape index (κ1) is 16.4. The van der Waals surface area contributed by atoms with Gasteiger partial charge >= 0.3 is 0 Å². The number of pyridine rings is 1. The Morgan fingerprint density at radius 3 is 2.68 bits per heavy atom. The SMILES string of the molecule is O=C1/C(=C/c2ccccc2)SC(=S)N1c1ccc(Br)c2cccnc12. The van der Waals surface area contributed by atoms with Crippen LogP contribution in [0.3, 0.4) is 0 Å². The van der Waals surface area contributed by atoms with E-state index in [1.165, 1.54) is 11.8 Å². The summed E-state index contributed by atoms with van der Waals surface area (Å²) in [5.74, 6) is -0.117. The predicted molar refractivity (Wildman–Crippen MR) is 112 cm³/mol. The molecule has 6 heteroatoms. The normalized spacial score (nSPS) is 16.2. The molecule has 25 heavy (non-hydrogen) atoms. The first-order valence-corrected chi connectivity index (χ1v) is 9.53. The largest absolute Gasteiger partial charge is 0.270 e. The lowest BCUT2D eigenvalue weighted by Crippen LogP contribution is -2.27. The van der Waals surface area contributed by atoms with Gasteiger partial charge in [0.05, 0.1) is 16.1 Å². The minimum atomic E-state index is -0.117. The minimum Gasteiger partial charge on any atom is -0.268 e. The number of aromatic nitrogens is 1. The Kier molecular flexibility index (Phi) is 4.41. The molecule has 1 fully saturated rings. The number of rotatable bonds is 2. The number of thiocarbonyl (C=S) groups is 1. The average molecular weight is 427 g/mol. The van der Waals surface area contributed by atoms with Crippen molar-refractivity contribution >= 4 is 72.8 Å². The number of nitrogens with zero attached hydrogens (tertiary/aromatic N) is 2. The average Bonchev–Trinajstić information content (AvgIpc) is 2.90. The maximum absolute atomic E-state index is 13.0. The van der Waals surface area contributed by atoms with Crippen LogP contribution in [0.25, 0.3) is 17.0 Å². The van der Waals surface area contributed by atoms with Crippen molar-refractivity contribution in [1.29, 1.82) is 0 Å². The lowest BCUT2D eigenvalue weighted by atomic mass is 10.1. The molecule has 3 nitrogen and oxygen atoms in total. The van der Waals surface area contributed by atoms with E-state index < -0.39 is 0 Å². The number of thioether (sulfide) groups is 1. The summed E-state index contributed by atoms with van der Waals surface area (Å²) in [6.45, 7) is 0. The van der Waals surface area contributed by atoms with Crippen molar-refractivity contribution in [1.82, 2.24) is 4.98 Å². The van der Waals surface area contributed by atoms with Crippen LogP contribution in [0.4, 0.5) is 5.69 Å². The lowest BCUT2D eigenvalue weighted by molar-refractivity contribution is -0.113. The van der Waals surface area contributed by atoms with Crippen molar-refractivity contribution in [2.75, 3.05) is 4.90 Å². The molecule has 1 saturated heterocycles. The monoisotopic (exact) mass is 426 g/mol. The summed E-state index contributed by atoms with van der Waals surface area (Å²) in [6, 6.07) is 17.4. The van der Waals surface area contributed by atoms with Gasteiger partial charge in [0.15, 0.2) is 4.32 Å². The molecule has 0 radical (unpaired) electrons. The van der Waals surface area contributed by atoms with Crippen LogP contribution >= 0.6 is 39.9 Å². The van der Waals surface area contributed by atoms with Crippen LogP contribution in [0.2, 0.25) is 0 Å². The van der Waals surface area contributed by atoms with Crippen LogP contribution in [0.15, 0.2) is 70.2 Å². The molecule has 4 rings (SSSR count). The highest BCUT2D eigenvalue weighted by molar-refractivity contribution is 9.10. The smallest absolute Gasteiger partial charge is 0.268 e. The molecule has 0 bridgehead atoms. The summed E-state index contributed by atoms with van der Waals surface area (Å²) in [6.07, 6.45) is 3.59. The van der Waals surface area contributed by atoms with Crippen molar-refractivity contribution in [2.45, 2.75) is 0 Å². The molecule has 3 aromatic rings. The number of carbonyl (C=O) groups is 1. The summed E-state index contributed by atoms with van der Waals surface area (Å²) < 4.78 is 1.45. The first-order valence-electron chi connectivity index (χ1n) is 7.51. The molecule has 0 spiro atoms. The van der Waals surface area contributed by atoms with Crippen LogP contribution in [-0.2, 0) is 4.79 Å². The highest BCUT2D eigenvalue weighted by Gasteiger charge is 2.34. The topological polar surface area (TPSA) is 33.2 Å². The van der Waals surface area contributed by atoms with Gasteiger partial charge in [-0.25, -0.2) is 0 Å². The maximum atomic E-state index is 13.0. The molecule has 122 valence electrons. The van der Waals surface area contributed by atoms with Crippen molar-refractivity contribution < 1.29 is 4.79 Å². The third-order valence-corrected chi connectivity index (χ3v) is 5.82. The number of halogens is 1. The van der Waals surface area contributed by atoms with Gasteiger partial charge in [0.25, 0.3) is 5.91 Å². The molecule has 2 aromatic carbocycles. The Morgan fingerprint density at radius 1 is 1.08 bits per heavy atom. The van der Waals surface area contributed by atoms with E-state index in [-0.39, 0.29) is 5.91 Å². The predicted octanol–water partition coefficient (Wildman–Crippen LogP) is 5.40. The fraction of sp³-hybridized carbons (Fsp3) is 0. The molecule has 0 unspecified atom stereocenters. The number of benzene rings is 2. The van der Waals surface area contributed by atoms with Gasteiger partial charge in [-0.2, -0.15) is 0 Å². The van der Waals surface area contributed by atoms with E-state index in [4.69, 9.17) is 12.2 Å². The summed E-state index contributed by atoms with van der Waals surface area (Å²) in [7, 11) is 0. The molecule has 1 aliphatic rings. The zero-order valence-corrected chi connectivity index (χ0v) is 16.1. The Balaban J connectivity index is 1.80. The van der Waals surface area contributed by atoms with Gasteiger partial charge < -0.3 is 0 Å². The van der Waals surface area contributed by atoms with E-state index in [9.17, 15) is 4.79 Å². The van der Waals surface area contributed by atoms with Gasteiger partial charge in [-0.15, -0.1) is 0 Å². The van der Waals surface area contributed by atoms with Gasteiger partial charge in [-0.05, 0) is 29.8 Å². The summed E-state index contributed by atoms with van der Waals surface area (Å²) in [5, 5.41) is 0.945. The van der Waals surface area contributed by atoms with Crippen molar-refractivity contribution in [3.8, 4) is 0 Å². The molecular formula is C19H11BrN2OS2. The van der Waals surface area contributed by atoms with Crippen LogP contribution in [0.1, 0.15) is 5.56 Å². The van der Waals surface area contributed by atoms with Gasteiger partial charge in [0, 0.05) is 16.1 Å². The van der Waals surface area contributed by atoms with E-state index in [2.05, 4.69) is 20.9 Å². The molecule has 1 amide bonds. The third-order valence-electron chi connectivity index (χ3n) is 3.83. The van der Waals surface area contributed by atoms with Crippen molar-refractivity contribution in [3.05, 3.63) is 75.7 Å². The van der Waals surface area contributed by atoms with E-state index >= 15 is 0 Å². The zero-order valence-electron chi connectivity index (χ0n) is 12.8. The standard InChI is InChI=1S/C19H11BrN2OS2/c20-14-8-9-15(17-13(14)7-4-10-21-17)22-18(23)16(25-19(22)24)11-12-5-2-1-3-6-12/h1-11H/b16-11-. The summed E-state index contributed by atoms with van der Waals surface area (Å²) in [4.78, 5) is 19.6. The van der Waals surface area contributed by atoms with E-state index in [0.717, 1.165) is 20.9 Å². The van der Waals surface area contributed by atoms with E-state index in [1.807, 2.05) is 60.7 Å². The fourth-order valence-corrected chi connectivity index (χ4v) is 4.42. The van der Waals surface area contributed by atoms with Crippen LogP contribution in [-0.4, -0.2) is 15.2 Å². The number of amides is 1. The van der Waals surface area contributed by atoms with Crippen LogP contribution < -0.4 is 4.90 Å². The molecule has 0 atom stereocenters. The fourth-order valence-electron chi connectivity index (χ4n) is 2.68. The molecule has 0 N–H and O–H groups in total. The Bertz CT molecular complexity index is 1030. The van der Waals surface area contributed by atoms with Crippen LogP contribution in [0, 0.1) is 0 Å². The molecule has 2 heterocycles. The number of hydrogen-bond donors (Lipinski definition) is 0. The highest BCUT2D eigenvalue weighted by Crippen LogP contribution is 2.39. The number of fused-ring (bicyclic) bond motifs is 1. The third kappa shape index (κ3) is 3.01. The number of anilines is 1. The molecular weight excluding hydrogens is 416 g/mol. The Morgan fingerprint density at radius 2 is 1.88 bits per heavy atom. The maximum Gasteiger partial charge on any atom is 0.270 e. The van der Waals surface area contributed by atoms with Crippen molar-refractivity contribution in [3.63, 3.8) is 0 Å². The second-order valence-corrected chi connectivity index (χ2v) is 7.92. The lowest BCUT2D eigenvalue weighted by Gasteiger charge is -2.17. The van der Waals surface area contributed by atoms with Crippen molar-refractivity contribution in [2.24, 2.45) is 0 Å². The van der Waals surface area contributed by atoms with E-state index in [0.29, 0.717) is 14.9 Å². The first-order chi connectivity index (χ1) is 12.1. The Labute approximate surface area is 162 Å². The number of carbonyl (C=O) groups excluding carboxylic acids is 1. The van der Waals surface area contributed by atoms with Crippen LogP contribution in [0.5, 0.6) is 0 Å². The number of hydrogen-bond acceptors (Lipinski definition) is 4. The van der Waals surface area contributed by atoms with Gasteiger partial charge in [-0.3, -0.25) is 14.7 Å². The minimum absolute atomic E-state index is 0.117. The quantitative estimate of drug-likeness (QED) is 0.405. The zero-order chi connectivity index (χ0) is 17.4. The van der Waals surface area contributed by atoms with E-state index in [1.54, 1.807) is 11.1 Å². The Hall–Kier alpha value is -2.02. The molecule has 0 saturated carbocycles.